The van der Waals surface area contributed by atoms with E-state index in [1.54, 1.807) is 6.07 Å². The summed E-state index contributed by atoms with van der Waals surface area (Å²) in [6.45, 7) is 6.38. The smallest absolute Gasteiger partial charge is 0.271 e. The van der Waals surface area contributed by atoms with E-state index in [1.165, 1.54) is 17.7 Å². The maximum atomic E-state index is 13.8. The molecule has 2 aromatic carbocycles. The first-order valence-corrected chi connectivity index (χ1v) is 12.1. The van der Waals surface area contributed by atoms with E-state index in [0.717, 1.165) is 69.5 Å². The number of aromatic nitrogens is 2. The lowest BCUT2D eigenvalue weighted by Gasteiger charge is -2.20. The van der Waals surface area contributed by atoms with Gasteiger partial charge in [0.05, 0.1) is 5.69 Å². The summed E-state index contributed by atoms with van der Waals surface area (Å²) in [5, 5.41) is 3.07. The zero-order valence-corrected chi connectivity index (χ0v) is 19.4. The summed E-state index contributed by atoms with van der Waals surface area (Å²) < 4.78 is 16.0. The van der Waals surface area contributed by atoms with Crippen LogP contribution in [0.1, 0.15) is 54.4 Å². The number of rotatable bonds is 9. The Morgan fingerprint density at radius 1 is 1.12 bits per heavy atom. The van der Waals surface area contributed by atoms with Crippen LogP contribution < -0.4 is 5.32 Å². The van der Waals surface area contributed by atoms with E-state index in [0.29, 0.717) is 18.1 Å². The van der Waals surface area contributed by atoms with Gasteiger partial charge in [0.15, 0.2) is 0 Å². The van der Waals surface area contributed by atoms with Gasteiger partial charge in [-0.3, -0.25) is 9.69 Å². The zero-order chi connectivity index (χ0) is 23.0. The molecule has 33 heavy (non-hydrogen) atoms. The van der Waals surface area contributed by atoms with Crippen molar-refractivity contribution >= 4 is 5.91 Å². The van der Waals surface area contributed by atoms with Crippen molar-refractivity contribution in [2.45, 2.75) is 52.1 Å². The van der Waals surface area contributed by atoms with E-state index in [2.05, 4.69) is 46.0 Å². The Balaban J connectivity index is 1.40. The number of hydrogen-bond acceptors (Lipinski definition) is 3. The quantitative estimate of drug-likeness (QED) is 0.466. The first-order valence-electron chi connectivity index (χ1n) is 12.1. The van der Waals surface area contributed by atoms with Crippen LogP contribution >= 0.6 is 0 Å². The molecule has 1 aliphatic rings. The highest BCUT2D eigenvalue weighted by atomic mass is 19.1. The largest absolute Gasteiger partial charge is 0.351 e. The molecule has 5 nitrogen and oxygen atoms in total. The van der Waals surface area contributed by atoms with Gasteiger partial charge in [-0.15, -0.1) is 0 Å². The van der Waals surface area contributed by atoms with Gasteiger partial charge in [-0.25, -0.2) is 9.37 Å². The molecule has 0 fully saturated rings. The Morgan fingerprint density at radius 2 is 1.97 bits per heavy atom. The van der Waals surface area contributed by atoms with Gasteiger partial charge in [0.2, 0.25) is 0 Å². The summed E-state index contributed by atoms with van der Waals surface area (Å²) in [5.41, 5.74) is 3.49. The fourth-order valence-corrected chi connectivity index (χ4v) is 4.53. The number of amides is 1. The molecule has 0 saturated heterocycles. The van der Waals surface area contributed by atoms with Crippen LogP contribution in [0, 0.1) is 5.82 Å². The van der Waals surface area contributed by atoms with E-state index in [-0.39, 0.29) is 11.7 Å². The average Bonchev–Trinajstić information content (AvgIpc) is 3.02. The first kappa shape index (κ1) is 23.2. The molecule has 0 radical (unpaired) electrons. The Hall–Kier alpha value is -2.99. The van der Waals surface area contributed by atoms with Gasteiger partial charge in [-0.2, -0.15) is 0 Å². The van der Waals surface area contributed by atoms with Crippen LogP contribution in [0.5, 0.6) is 0 Å². The minimum Gasteiger partial charge on any atom is -0.351 e. The Labute approximate surface area is 195 Å². The van der Waals surface area contributed by atoms with E-state index >= 15 is 0 Å². The van der Waals surface area contributed by atoms with Crippen molar-refractivity contribution in [3.05, 3.63) is 77.4 Å². The summed E-state index contributed by atoms with van der Waals surface area (Å²) in [6, 6.07) is 16.9. The lowest BCUT2D eigenvalue weighted by Crippen LogP contribution is -2.30. The number of nitrogens with one attached hydrogen (secondary N) is 1. The van der Waals surface area contributed by atoms with Crippen molar-refractivity contribution in [3.63, 3.8) is 0 Å². The van der Waals surface area contributed by atoms with Gasteiger partial charge < -0.3 is 9.88 Å². The average molecular weight is 449 g/mol. The highest BCUT2D eigenvalue weighted by Gasteiger charge is 2.24. The van der Waals surface area contributed by atoms with Crippen molar-refractivity contribution in [3.8, 4) is 11.4 Å². The number of imidazole rings is 1. The molecule has 0 spiro atoms. The molecule has 3 aromatic rings. The fraction of sp³-hybridized carbons (Fsp3) is 0.407. The van der Waals surface area contributed by atoms with Crippen LogP contribution in [-0.4, -0.2) is 40.0 Å². The lowest BCUT2D eigenvalue weighted by atomic mass is 10.1. The lowest BCUT2D eigenvalue weighted by molar-refractivity contribution is 0.0946. The summed E-state index contributed by atoms with van der Waals surface area (Å²) in [7, 11) is 0. The molecule has 0 bridgehead atoms. The molecule has 0 aliphatic carbocycles. The molecule has 1 N–H and O–H groups in total. The number of hydrogen-bond donors (Lipinski definition) is 1. The minimum absolute atomic E-state index is 0.130. The molecule has 0 saturated carbocycles. The number of nitrogens with zero attached hydrogens (tertiary/aromatic N) is 3. The van der Waals surface area contributed by atoms with Gasteiger partial charge in [-0.1, -0.05) is 55.8 Å². The molecule has 1 aromatic heterocycles. The second kappa shape index (κ2) is 11.2. The Bertz CT molecular complexity index is 1060. The van der Waals surface area contributed by atoms with Crippen LogP contribution in [0.25, 0.3) is 11.4 Å². The third-order valence-corrected chi connectivity index (χ3v) is 6.30. The predicted molar refractivity (Wildman–Crippen MR) is 130 cm³/mol. The van der Waals surface area contributed by atoms with Crippen molar-refractivity contribution in [2.75, 3.05) is 19.6 Å². The van der Waals surface area contributed by atoms with Crippen molar-refractivity contribution < 1.29 is 9.18 Å². The number of fused-ring (bicyclic) bond motifs is 1. The van der Waals surface area contributed by atoms with Gasteiger partial charge in [0, 0.05) is 31.7 Å². The molecular weight excluding hydrogens is 415 g/mol. The van der Waals surface area contributed by atoms with E-state index in [9.17, 15) is 9.18 Å². The summed E-state index contributed by atoms with van der Waals surface area (Å²) in [5.74, 6) is 0.270. The number of carbonyl (C=O) groups is 1. The van der Waals surface area contributed by atoms with Crippen LogP contribution in [0.4, 0.5) is 4.39 Å². The summed E-state index contributed by atoms with van der Waals surface area (Å²) in [4.78, 5) is 20.2. The second-order valence-corrected chi connectivity index (χ2v) is 8.67. The van der Waals surface area contributed by atoms with Crippen LogP contribution in [0.15, 0.2) is 54.6 Å². The van der Waals surface area contributed by atoms with Crippen molar-refractivity contribution in [2.24, 2.45) is 0 Å². The van der Waals surface area contributed by atoms with Crippen molar-refractivity contribution in [1.29, 1.82) is 0 Å². The fourth-order valence-electron chi connectivity index (χ4n) is 4.53. The minimum atomic E-state index is -0.291. The van der Waals surface area contributed by atoms with Crippen molar-refractivity contribution in [1.82, 2.24) is 19.8 Å². The van der Waals surface area contributed by atoms with Gasteiger partial charge in [0.25, 0.3) is 5.91 Å². The number of carbonyl (C=O) groups excluding carboxylic acids is 1. The molecule has 174 valence electrons. The Morgan fingerprint density at radius 3 is 2.76 bits per heavy atom. The summed E-state index contributed by atoms with van der Waals surface area (Å²) >= 11 is 0. The van der Waals surface area contributed by atoms with Gasteiger partial charge >= 0.3 is 0 Å². The monoisotopic (exact) mass is 448 g/mol. The SMILES string of the molecule is CCN(CCCNC(=O)c1nc(-c2cccc(F)c2)n2c1CCCCC2)Cc1ccccc1. The van der Waals surface area contributed by atoms with Crippen LogP contribution in [-0.2, 0) is 19.5 Å². The third-order valence-electron chi connectivity index (χ3n) is 6.30. The molecule has 1 aliphatic heterocycles. The van der Waals surface area contributed by atoms with Gasteiger partial charge in [-0.05, 0) is 49.9 Å². The number of benzene rings is 2. The third kappa shape index (κ3) is 5.88. The van der Waals surface area contributed by atoms with Gasteiger partial charge in [0.1, 0.15) is 17.3 Å². The van der Waals surface area contributed by atoms with E-state index in [1.807, 2.05) is 12.1 Å². The summed E-state index contributed by atoms with van der Waals surface area (Å²) in [6.07, 6.45) is 4.91. The zero-order valence-electron chi connectivity index (χ0n) is 19.4. The molecular formula is C27H33FN4O. The Kier molecular flexibility index (Phi) is 7.89. The normalized spacial score (nSPS) is 13.5. The van der Waals surface area contributed by atoms with E-state index < -0.39 is 0 Å². The molecule has 6 heteroatoms. The highest BCUT2D eigenvalue weighted by molar-refractivity contribution is 5.94. The topological polar surface area (TPSA) is 50.2 Å². The maximum Gasteiger partial charge on any atom is 0.271 e. The molecule has 4 rings (SSSR count). The number of halogens is 1. The highest BCUT2D eigenvalue weighted by Crippen LogP contribution is 2.27. The first-order chi connectivity index (χ1) is 16.2. The van der Waals surface area contributed by atoms with Crippen LogP contribution in [0.2, 0.25) is 0 Å². The van der Waals surface area contributed by atoms with Crippen LogP contribution in [0.3, 0.4) is 0 Å². The maximum absolute atomic E-state index is 13.8. The predicted octanol–water partition coefficient (Wildman–Crippen LogP) is 5.06. The molecule has 2 heterocycles. The molecule has 0 atom stereocenters. The molecule has 1 amide bonds. The standard InChI is InChI=1S/C27H33FN4O/c1-2-31(20-21-11-5-3-6-12-21)17-10-16-29-27(33)25-24-15-7-4-8-18-32(24)26(30-25)22-13-9-14-23(28)19-22/h3,5-6,9,11-14,19H,2,4,7-8,10,15-18,20H2,1H3,(H,29,33). The van der Waals surface area contributed by atoms with E-state index in [4.69, 9.17) is 4.98 Å². The molecule has 0 unspecified atom stereocenters. The second-order valence-electron chi connectivity index (χ2n) is 8.67.